The normalized spacial score (nSPS) is 16.2. The molecule has 1 fully saturated rings. The van der Waals surface area contributed by atoms with Gasteiger partial charge < -0.3 is 11.1 Å². The van der Waals surface area contributed by atoms with Gasteiger partial charge in [-0.15, -0.1) is 0 Å². The van der Waals surface area contributed by atoms with Crippen LogP contribution in [0.2, 0.25) is 0 Å². The van der Waals surface area contributed by atoms with Crippen LogP contribution in [-0.4, -0.2) is 24.9 Å². The molecule has 16 heavy (non-hydrogen) atoms. The number of anilines is 2. The molecule has 2 amide bonds. The minimum Gasteiger partial charge on any atom is -0.399 e. The maximum absolute atomic E-state index is 13.5. The summed E-state index contributed by atoms with van der Waals surface area (Å²) < 4.78 is 13.5. The Kier molecular flexibility index (Phi) is 2.47. The number of amides is 2. The number of piperazine rings is 1. The molecule has 1 saturated heterocycles. The second-order valence-corrected chi connectivity index (χ2v) is 3.47. The van der Waals surface area contributed by atoms with Gasteiger partial charge in [0.05, 0.1) is 12.2 Å². The zero-order chi connectivity index (χ0) is 11.7. The summed E-state index contributed by atoms with van der Waals surface area (Å²) in [5.74, 6) is -1.25. The van der Waals surface area contributed by atoms with Crippen molar-refractivity contribution in [3.63, 3.8) is 0 Å². The summed E-state index contributed by atoms with van der Waals surface area (Å²) in [6.07, 6.45) is 0. The zero-order valence-electron chi connectivity index (χ0n) is 8.37. The van der Waals surface area contributed by atoms with E-state index in [1.165, 1.54) is 18.2 Å². The van der Waals surface area contributed by atoms with E-state index in [4.69, 9.17) is 5.73 Å². The highest BCUT2D eigenvalue weighted by Crippen LogP contribution is 2.22. The molecule has 0 spiro atoms. The first kappa shape index (κ1) is 10.4. The van der Waals surface area contributed by atoms with E-state index < -0.39 is 5.82 Å². The fraction of sp³-hybridized carbons (Fsp3) is 0.200. The molecule has 6 heteroatoms. The molecule has 0 saturated carbocycles. The highest BCUT2D eigenvalue weighted by Gasteiger charge is 2.26. The van der Waals surface area contributed by atoms with Gasteiger partial charge >= 0.3 is 0 Å². The first-order chi connectivity index (χ1) is 7.58. The van der Waals surface area contributed by atoms with E-state index in [-0.39, 0.29) is 30.6 Å². The van der Waals surface area contributed by atoms with Crippen LogP contribution in [0, 0.1) is 5.82 Å². The summed E-state index contributed by atoms with van der Waals surface area (Å²) >= 11 is 0. The van der Waals surface area contributed by atoms with Gasteiger partial charge in [0.15, 0.2) is 0 Å². The maximum Gasteiger partial charge on any atom is 0.246 e. The van der Waals surface area contributed by atoms with Crippen molar-refractivity contribution >= 4 is 23.2 Å². The monoisotopic (exact) mass is 223 g/mol. The van der Waals surface area contributed by atoms with Crippen LogP contribution < -0.4 is 16.0 Å². The van der Waals surface area contributed by atoms with Crippen LogP contribution in [-0.2, 0) is 9.59 Å². The first-order valence-corrected chi connectivity index (χ1v) is 4.70. The molecule has 1 aromatic rings. The predicted octanol–water partition coefficient (Wildman–Crippen LogP) is -0.129. The topological polar surface area (TPSA) is 75.4 Å². The lowest BCUT2D eigenvalue weighted by molar-refractivity contribution is -0.128. The van der Waals surface area contributed by atoms with Gasteiger partial charge in [0.1, 0.15) is 12.4 Å². The number of carbonyl (C=O) groups excluding carboxylic acids is 2. The number of rotatable bonds is 1. The minimum atomic E-state index is -0.572. The van der Waals surface area contributed by atoms with Crippen molar-refractivity contribution in [2.45, 2.75) is 0 Å². The molecule has 5 nitrogen and oxygen atoms in total. The Bertz CT molecular complexity index is 461. The Labute approximate surface area is 91.0 Å². The van der Waals surface area contributed by atoms with E-state index in [1.807, 2.05) is 0 Å². The summed E-state index contributed by atoms with van der Waals surface area (Å²) in [6.45, 7) is -0.299. The molecule has 0 atom stereocenters. The zero-order valence-corrected chi connectivity index (χ0v) is 8.37. The van der Waals surface area contributed by atoms with Crippen LogP contribution in [0.3, 0.4) is 0 Å². The number of nitrogens with two attached hydrogens (primary N) is 1. The first-order valence-electron chi connectivity index (χ1n) is 4.70. The molecule has 2 rings (SSSR count). The van der Waals surface area contributed by atoms with Crippen molar-refractivity contribution < 1.29 is 14.0 Å². The van der Waals surface area contributed by atoms with Gasteiger partial charge in [0.2, 0.25) is 11.8 Å². The molecule has 0 radical (unpaired) electrons. The largest absolute Gasteiger partial charge is 0.399 e. The van der Waals surface area contributed by atoms with Crippen LogP contribution in [0.5, 0.6) is 0 Å². The van der Waals surface area contributed by atoms with Gasteiger partial charge in [-0.3, -0.25) is 14.5 Å². The lowest BCUT2D eigenvalue weighted by Gasteiger charge is -2.27. The second kappa shape index (κ2) is 3.80. The summed E-state index contributed by atoms with van der Waals surface area (Å²) in [4.78, 5) is 23.7. The Morgan fingerprint density at radius 2 is 2.12 bits per heavy atom. The van der Waals surface area contributed by atoms with Gasteiger partial charge in [-0.25, -0.2) is 4.39 Å². The van der Waals surface area contributed by atoms with E-state index in [0.29, 0.717) is 5.69 Å². The SMILES string of the molecule is Nc1ccc(F)c(N2CC(=O)NCC2=O)c1. The van der Waals surface area contributed by atoms with Crippen LogP contribution in [0.15, 0.2) is 18.2 Å². The predicted molar refractivity (Wildman–Crippen MR) is 56.2 cm³/mol. The van der Waals surface area contributed by atoms with Gasteiger partial charge in [0.25, 0.3) is 0 Å². The number of nitrogens with zero attached hydrogens (tertiary/aromatic N) is 1. The van der Waals surface area contributed by atoms with Gasteiger partial charge in [0, 0.05) is 5.69 Å². The smallest absolute Gasteiger partial charge is 0.246 e. The van der Waals surface area contributed by atoms with E-state index in [0.717, 1.165) is 4.90 Å². The Balaban J connectivity index is 2.38. The fourth-order valence-electron chi connectivity index (χ4n) is 1.51. The fourth-order valence-corrected chi connectivity index (χ4v) is 1.51. The molecule has 3 N–H and O–H groups in total. The van der Waals surface area contributed by atoms with Gasteiger partial charge in [-0.1, -0.05) is 0 Å². The number of nitrogen functional groups attached to an aromatic ring is 1. The highest BCUT2D eigenvalue weighted by molar-refractivity contribution is 6.04. The number of nitrogens with one attached hydrogen (secondary N) is 1. The molecule has 84 valence electrons. The molecule has 0 aliphatic carbocycles. The average Bonchev–Trinajstić information content (AvgIpc) is 2.25. The van der Waals surface area contributed by atoms with E-state index in [2.05, 4.69) is 5.32 Å². The Morgan fingerprint density at radius 1 is 1.38 bits per heavy atom. The van der Waals surface area contributed by atoms with Gasteiger partial charge in [-0.05, 0) is 18.2 Å². The third-order valence-corrected chi connectivity index (χ3v) is 2.30. The van der Waals surface area contributed by atoms with Crippen LogP contribution in [0.25, 0.3) is 0 Å². The number of hydrogen-bond donors (Lipinski definition) is 2. The van der Waals surface area contributed by atoms with Crippen LogP contribution in [0.1, 0.15) is 0 Å². The lowest BCUT2D eigenvalue weighted by atomic mass is 10.2. The van der Waals surface area contributed by atoms with Crippen molar-refractivity contribution in [2.24, 2.45) is 0 Å². The van der Waals surface area contributed by atoms with E-state index in [1.54, 1.807) is 0 Å². The molecule has 0 bridgehead atoms. The number of benzene rings is 1. The van der Waals surface area contributed by atoms with Gasteiger partial charge in [-0.2, -0.15) is 0 Å². The summed E-state index contributed by atoms with van der Waals surface area (Å²) in [6, 6.07) is 3.91. The second-order valence-electron chi connectivity index (χ2n) is 3.47. The lowest BCUT2D eigenvalue weighted by Crippen LogP contribution is -2.52. The maximum atomic E-state index is 13.5. The number of hydrogen-bond acceptors (Lipinski definition) is 3. The molecular formula is C10H10FN3O2. The summed E-state index contributed by atoms with van der Waals surface area (Å²) in [5, 5.41) is 2.38. The average molecular weight is 223 g/mol. The molecule has 1 aromatic carbocycles. The molecular weight excluding hydrogens is 213 g/mol. The van der Waals surface area contributed by atoms with Crippen molar-refractivity contribution in [1.29, 1.82) is 0 Å². The Morgan fingerprint density at radius 3 is 2.88 bits per heavy atom. The van der Waals surface area contributed by atoms with Crippen molar-refractivity contribution in [2.75, 3.05) is 23.7 Å². The minimum absolute atomic E-state index is 0.0415. The van der Waals surface area contributed by atoms with Crippen molar-refractivity contribution in [3.05, 3.63) is 24.0 Å². The van der Waals surface area contributed by atoms with Crippen LogP contribution in [0.4, 0.5) is 15.8 Å². The molecule has 0 unspecified atom stereocenters. The molecule has 1 aliphatic rings. The van der Waals surface area contributed by atoms with E-state index in [9.17, 15) is 14.0 Å². The molecule has 0 aromatic heterocycles. The summed E-state index contributed by atoms with van der Waals surface area (Å²) in [7, 11) is 0. The van der Waals surface area contributed by atoms with Crippen LogP contribution >= 0.6 is 0 Å². The third kappa shape index (κ3) is 1.81. The van der Waals surface area contributed by atoms with E-state index >= 15 is 0 Å². The quantitative estimate of drug-likeness (QED) is 0.651. The third-order valence-electron chi connectivity index (χ3n) is 2.30. The Hall–Kier alpha value is -2.11. The number of halogens is 1. The summed E-state index contributed by atoms with van der Waals surface area (Å²) in [5.41, 5.74) is 5.89. The van der Waals surface area contributed by atoms with Crippen molar-refractivity contribution in [3.8, 4) is 0 Å². The highest BCUT2D eigenvalue weighted by atomic mass is 19.1. The standard InChI is InChI=1S/C10H10FN3O2/c11-7-2-1-6(12)3-8(7)14-5-9(15)13-4-10(14)16/h1-3H,4-5,12H2,(H,13,15). The molecule has 1 heterocycles. The number of carbonyl (C=O) groups is 2. The molecule has 1 aliphatic heterocycles. The van der Waals surface area contributed by atoms with Crippen molar-refractivity contribution in [1.82, 2.24) is 5.32 Å².